The molecule has 1 aliphatic rings. The quantitative estimate of drug-likeness (QED) is 0.548. The van der Waals surface area contributed by atoms with Crippen LogP contribution in [0.1, 0.15) is 40.0 Å². The lowest BCUT2D eigenvalue weighted by Crippen LogP contribution is -2.36. The summed E-state index contributed by atoms with van der Waals surface area (Å²) in [5, 5.41) is 9.69. The van der Waals surface area contributed by atoms with E-state index < -0.39 is 5.60 Å². The van der Waals surface area contributed by atoms with Gasteiger partial charge in [0.05, 0.1) is 5.60 Å². The number of aliphatic hydroxyl groups is 1. The summed E-state index contributed by atoms with van der Waals surface area (Å²) in [6.07, 6.45) is 5.20. The zero-order valence-electron chi connectivity index (χ0n) is 7.15. The summed E-state index contributed by atoms with van der Waals surface area (Å²) >= 11 is 0. The van der Waals surface area contributed by atoms with Gasteiger partial charge >= 0.3 is 0 Å². The van der Waals surface area contributed by atoms with Crippen LogP contribution in [0, 0.1) is 11.8 Å². The van der Waals surface area contributed by atoms with Gasteiger partial charge in [-0.15, -0.1) is 0 Å². The molecule has 0 aromatic carbocycles. The van der Waals surface area contributed by atoms with Gasteiger partial charge in [-0.05, 0) is 38.0 Å². The van der Waals surface area contributed by atoms with Gasteiger partial charge in [-0.25, -0.2) is 0 Å². The Bertz CT molecular complexity index is 111. The fourth-order valence-electron chi connectivity index (χ4n) is 1.92. The summed E-state index contributed by atoms with van der Waals surface area (Å²) in [5.41, 5.74) is -0.181. The van der Waals surface area contributed by atoms with Crippen molar-refractivity contribution >= 4 is 0 Å². The summed E-state index contributed by atoms with van der Waals surface area (Å²) in [6, 6.07) is 0. The van der Waals surface area contributed by atoms with Crippen molar-refractivity contribution in [2.45, 2.75) is 45.6 Å². The molecule has 1 unspecified atom stereocenters. The number of rotatable bonds is 0. The maximum absolute atomic E-state index is 9.69. The maximum atomic E-state index is 9.69. The van der Waals surface area contributed by atoms with Gasteiger partial charge < -0.3 is 5.11 Å². The van der Waals surface area contributed by atoms with Crippen LogP contribution in [0.2, 0.25) is 0 Å². The van der Waals surface area contributed by atoms with E-state index in [0.717, 1.165) is 19.3 Å². The molecule has 1 nitrogen and oxygen atoms in total. The molecular weight excluding hydrogens is 124 g/mol. The number of hydrogen-bond donors (Lipinski definition) is 1. The Morgan fingerprint density at radius 1 is 1.30 bits per heavy atom. The first-order chi connectivity index (χ1) is 4.41. The third kappa shape index (κ3) is 1.98. The molecule has 1 N–H and O–H groups in total. The molecule has 0 spiro atoms. The molecule has 0 saturated heterocycles. The van der Waals surface area contributed by atoms with Crippen LogP contribution in [-0.4, -0.2) is 10.7 Å². The van der Waals surface area contributed by atoms with E-state index in [1.807, 2.05) is 6.92 Å². The van der Waals surface area contributed by atoms with E-state index in [0.29, 0.717) is 0 Å². The molecule has 59 valence electrons. The molecule has 1 atom stereocenters. The van der Waals surface area contributed by atoms with Crippen LogP contribution in [0.5, 0.6) is 0 Å². The second-order valence-corrected chi connectivity index (χ2v) is 4.41. The van der Waals surface area contributed by atoms with Crippen LogP contribution < -0.4 is 0 Å². The highest BCUT2D eigenvalue weighted by molar-refractivity contribution is 4.97. The molecule has 1 fully saturated rings. The van der Waals surface area contributed by atoms with Crippen LogP contribution in [-0.2, 0) is 0 Å². The van der Waals surface area contributed by atoms with Crippen molar-refractivity contribution in [3.8, 4) is 0 Å². The van der Waals surface area contributed by atoms with Crippen molar-refractivity contribution in [1.29, 1.82) is 0 Å². The first-order valence-corrected chi connectivity index (χ1v) is 3.98. The second-order valence-electron chi connectivity index (χ2n) is 4.41. The Kier molecular flexibility index (Phi) is 1.80. The van der Waals surface area contributed by atoms with Crippen LogP contribution in [0.15, 0.2) is 0 Å². The molecule has 1 rings (SSSR count). The van der Waals surface area contributed by atoms with Crippen LogP contribution >= 0.6 is 0 Å². The molecule has 1 aliphatic carbocycles. The molecule has 0 aromatic rings. The summed E-state index contributed by atoms with van der Waals surface area (Å²) in [4.78, 5) is 0. The minimum Gasteiger partial charge on any atom is -0.390 e. The lowest BCUT2D eigenvalue weighted by Gasteiger charge is -2.38. The van der Waals surface area contributed by atoms with Crippen LogP contribution in [0.3, 0.4) is 0 Å². The Hall–Kier alpha value is -0.0400. The van der Waals surface area contributed by atoms with E-state index in [2.05, 4.69) is 20.3 Å². The maximum Gasteiger partial charge on any atom is 0.0625 e. The normalized spacial score (nSPS) is 39.6. The standard InChI is InChI=1S/C9H17O/c1-8(2)5-4-6-9(3,10)7-8/h5,10H,4,6-7H2,1-3H3. The third-order valence-electron chi connectivity index (χ3n) is 2.22. The van der Waals surface area contributed by atoms with Gasteiger partial charge in [-0.3, -0.25) is 0 Å². The minimum atomic E-state index is -0.418. The van der Waals surface area contributed by atoms with Gasteiger partial charge in [0.15, 0.2) is 0 Å². The third-order valence-corrected chi connectivity index (χ3v) is 2.22. The molecule has 0 aromatic heterocycles. The Labute approximate surface area is 63.4 Å². The predicted octanol–water partition coefficient (Wildman–Crippen LogP) is 2.15. The average molecular weight is 141 g/mol. The SMILES string of the molecule is CC1(C)[CH]CCC(C)(O)C1. The largest absolute Gasteiger partial charge is 0.390 e. The lowest BCUT2D eigenvalue weighted by molar-refractivity contribution is -0.00402. The molecule has 0 heterocycles. The fourth-order valence-corrected chi connectivity index (χ4v) is 1.92. The van der Waals surface area contributed by atoms with Crippen LogP contribution in [0.4, 0.5) is 0 Å². The topological polar surface area (TPSA) is 20.2 Å². The van der Waals surface area contributed by atoms with Crippen molar-refractivity contribution < 1.29 is 5.11 Å². The zero-order chi connectivity index (χ0) is 7.83. The van der Waals surface area contributed by atoms with Gasteiger partial charge in [0.2, 0.25) is 0 Å². The molecule has 0 amide bonds. The highest BCUT2D eigenvalue weighted by atomic mass is 16.3. The van der Waals surface area contributed by atoms with Crippen molar-refractivity contribution in [1.82, 2.24) is 0 Å². The second kappa shape index (κ2) is 2.23. The minimum absolute atomic E-state index is 0.238. The van der Waals surface area contributed by atoms with E-state index in [9.17, 15) is 5.11 Å². The van der Waals surface area contributed by atoms with Gasteiger partial charge in [-0.2, -0.15) is 0 Å². The molecule has 10 heavy (non-hydrogen) atoms. The molecule has 1 radical (unpaired) electrons. The molecular formula is C9H17O. The van der Waals surface area contributed by atoms with Gasteiger partial charge in [0.1, 0.15) is 0 Å². The predicted molar refractivity (Wildman–Crippen MR) is 42.6 cm³/mol. The zero-order valence-corrected chi connectivity index (χ0v) is 7.15. The summed E-state index contributed by atoms with van der Waals surface area (Å²) < 4.78 is 0. The van der Waals surface area contributed by atoms with Gasteiger partial charge in [-0.1, -0.05) is 13.8 Å². The highest BCUT2D eigenvalue weighted by Gasteiger charge is 2.34. The van der Waals surface area contributed by atoms with E-state index in [-0.39, 0.29) is 5.41 Å². The van der Waals surface area contributed by atoms with Crippen LogP contribution in [0.25, 0.3) is 0 Å². The highest BCUT2D eigenvalue weighted by Crippen LogP contribution is 2.39. The van der Waals surface area contributed by atoms with Crippen molar-refractivity contribution in [2.24, 2.45) is 5.41 Å². The summed E-state index contributed by atoms with van der Waals surface area (Å²) in [6.45, 7) is 6.29. The summed E-state index contributed by atoms with van der Waals surface area (Å²) in [7, 11) is 0. The lowest BCUT2D eigenvalue weighted by atomic mass is 9.71. The fraction of sp³-hybridized carbons (Fsp3) is 0.889. The van der Waals surface area contributed by atoms with E-state index in [1.54, 1.807) is 0 Å². The molecule has 1 heteroatoms. The smallest absolute Gasteiger partial charge is 0.0625 e. The van der Waals surface area contributed by atoms with Crippen molar-refractivity contribution in [3.05, 3.63) is 6.42 Å². The molecule has 1 saturated carbocycles. The summed E-state index contributed by atoms with van der Waals surface area (Å²) in [5.74, 6) is 0. The van der Waals surface area contributed by atoms with E-state index >= 15 is 0 Å². The monoisotopic (exact) mass is 141 g/mol. The Balaban J connectivity index is 2.56. The van der Waals surface area contributed by atoms with Gasteiger partial charge in [0, 0.05) is 0 Å². The van der Waals surface area contributed by atoms with Gasteiger partial charge in [0.25, 0.3) is 0 Å². The van der Waals surface area contributed by atoms with E-state index in [4.69, 9.17) is 0 Å². The molecule has 0 aliphatic heterocycles. The molecule has 0 bridgehead atoms. The average Bonchev–Trinajstić information content (AvgIpc) is 1.56. The number of hydrogen-bond acceptors (Lipinski definition) is 1. The van der Waals surface area contributed by atoms with Crippen molar-refractivity contribution in [2.75, 3.05) is 0 Å². The first kappa shape index (κ1) is 8.06. The Morgan fingerprint density at radius 2 is 1.90 bits per heavy atom. The Morgan fingerprint density at radius 3 is 2.20 bits per heavy atom. The van der Waals surface area contributed by atoms with E-state index in [1.165, 1.54) is 0 Å². The first-order valence-electron chi connectivity index (χ1n) is 3.98. The van der Waals surface area contributed by atoms with Crippen molar-refractivity contribution in [3.63, 3.8) is 0 Å².